The number of benzene rings is 1. The van der Waals surface area contributed by atoms with Gasteiger partial charge in [0, 0.05) is 11.6 Å². The quantitative estimate of drug-likeness (QED) is 0.484. The molecule has 8 nitrogen and oxygen atoms in total. The third-order valence-corrected chi connectivity index (χ3v) is 6.16. The van der Waals surface area contributed by atoms with Crippen molar-refractivity contribution in [3.05, 3.63) is 66.7 Å². The second-order valence-corrected chi connectivity index (χ2v) is 8.01. The number of aliphatic hydroxyl groups is 1. The van der Waals surface area contributed by atoms with Gasteiger partial charge in [0.1, 0.15) is 17.9 Å². The molecule has 4 heterocycles. The fourth-order valence-electron chi connectivity index (χ4n) is 3.14. The number of pyridine rings is 1. The van der Waals surface area contributed by atoms with E-state index in [2.05, 4.69) is 15.0 Å². The Morgan fingerprint density at radius 1 is 1.11 bits per heavy atom. The highest BCUT2D eigenvalue weighted by atomic mass is 32.2. The number of aliphatic hydroxyl groups excluding tert-OH is 1. The van der Waals surface area contributed by atoms with Crippen molar-refractivity contribution in [3.63, 3.8) is 0 Å². The Morgan fingerprint density at radius 3 is 2.68 bits per heavy atom. The fourth-order valence-corrected chi connectivity index (χ4v) is 4.46. The van der Waals surface area contributed by atoms with Crippen molar-refractivity contribution in [1.29, 1.82) is 0 Å². The lowest BCUT2D eigenvalue weighted by Crippen LogP contribution is -2.12. The second-order valence-electron chi connectivity index (χ2n) is 6.20. The number of H-pyrrole nitrogens is 1. The van der Waals surface area contributed by atoms with E-state index in [1.54, 1.807) is 54.7 Å². The van der Waals surface area contributed by atoms with Crippen molar-refractivity contribution in [2.75, 3.05) is 0 Å². The molecule has 0 fully saturated rings. The molecular weight excluding hydrogens is 380 g/mol. The van der Waals surface area contributed by atoms with Gasteiger partial charge in [0.25, 0.3) is 10.0 Å². The van der Waals surface area contributed by atoms with Crippen molar-refractivity contribution in [1.82, 2.24) is 18.9 Å². The van der Waals surface area contributed by atoms with Crippen LogP contribution in [0, 0.1) is 0 Å². The van der Waals surface area contributed by atoms with Crippen LogP contribution in [-0.4, -0.2) is 32.4 Å². The van der Waals surface area contributed by atoms with Gasteiger partial charge in [-0.3, -0.25) is 0 Å². The SMILES string of the molecule is O=S(=O)(c1ccccc1)n1ccc2c3nc(-c4ccc(CO)o4)[nH]c3cnc21. The third kappa shape index (κ3) is 2.44. The maximum atomic E-state index is 13.0. The molecule has 0 unspecified atom stereocenters. The molecule has 0 amide bonds. The van der Waals surface area contributed by atoms with E-state index in [4.69, 9.17) is 9.52 Å². The summed E-state index contributed by atoms with van der Waals surface area (Å²) in [6.45, 7) is -0.202. The summed E-state index contributed by atoms with van der Waals surface area (Å²) in [7, 11) is -3.77. The summed E-state index contributed by atoms with van der Waals surface area (Å²) in [4.78, 5) is 12.2. The molecule has 0 aliphatic heterocycles. The molecule has 5 aromatic rings. The van der Waals surface area contributed by atoms with Gasteiger partial charge < -0.3 is 14.5 Å². The Labute approximate surface area is 159 Å². The zero-order valence-electron chi connectivity index (χ0n) is 14.4. The number of nitrogens with zero attached hydrogens (tertiary/aromatic N) is 3. The van der Waals surface area contributed by atoms with E-state index >= 15 is 0 Å². The van der Waals surface area contributed by atoms with Crippen molar-refractivity contribution in [3.8, 4) is 11.6 Å². The number of aromatic nitrogens is 4. The van der Waals surface area contributed by atoms with Gasteiger partial charge in [0.05, 0.1) is 16.6 Å². The molecule has 0 bridgehead atoms. The predicted molar refractivity (Wildman–Crippen MR) is 102 cm³/mol. The number of fused-ring (bicyclic) bond motifs is 3. The topological polar surface area (TPSA) is 114 Å². The lowest BCUT2D eigenvalue weighted by molar-refractivity contribution is 0.248. The Bertz CT molecular complexity index is 1410. The van der Waals surface area contributed by atoms with E-state index < -0.39 is 10.0 Å². The highest BCUT2D eigenvalue weighted by Crippen LogP contribution is 2.29. The van der Waals surface area contributed by atoms with Gasteiger partial charge >= 0.3 is 0 Å². The minimum Gasteiger partial charge on any atom is -0.455 e. The molecule has 9 heteroatoms. The van der Waals surface area contributed by atoms with E-state index in [1.807, 2.05) is 0 Å². The van der Waals surface area contributed by atoms with E-state index in [1.165, 1.54) is 6.20 Å². The van der Waals surface area contributed by atoms with Gasteiger partial charge in [-0.05, 0) is 30.3 Å². The van der Waals surface area contributed by atoms with Crippen LogP contribution in [-0.2, 0) is 16.6 Å². The monoisotopic (exact) mass is 394 g/mol. The Balaban J connectivity index is 1.68. The number of imidazole rings is 1. The summed E-state index contributed by atoms with van der Waals surface area (Å²) in [5.74, 6) is 1.38. The number of furan rings is 1. The van der Waals surface area contributed by atoms with E-state index in [9.17, 15) is 8.42 Å². The summed E-state index contributed by atoms with van der Waals surface area (Å²) in [6, 6.07) is 13.2. The maximum Gasteiger partial charge on any atom is 0.269 e. The number of rotatable bonds is 4. The zero-order valence-corrected chi connectivity index (χ0v) is 15.2. The fraction of sp³-hybridized carbons (Fsp3) is 0.0526. The molecule has 0 aliphatic carbocycles. The number of hydrogen-bond acceptors (Lipinski definition) is 6. The Morgan fingerprint density at radius 2 is 1.93 bits per heavy atom. The van der Waals surface area contributed by atoms with Crippen LogP contribution in [0.15, 0.2) is 70.2 Å². The zero-order chi connectivity index (χ0) is 19.3. The van der Waals surface area contributed by atoms with Crippen LogP contribution >= 0.6 is 0 Å². The van der Waals surface area contributed by atoms with Crippen LogP contribution in [0.2, 0.25) is 0 Å². The average Bonchev–Trinajstić information content (AvgIpc) is 3.44. The second kappa shape index (κ2) is 6.04. The van der Waals surface area contributed by atoms with Crippen molar-refractivity contribution < 1.29 is 17.9 Å². The molecule has 0 saturated heterocycles. The normalized spacial score (nSPS) is 12.2. The maximum absolute atomic E-state index is 13.0. The molecule has 0 spiro atoms. The lowest BCUT2D eigenvalue weighted by atomic mass is 10.3. The lowest BCUT2D eigenvalue weighted by Gasteiger charge is -2.06. The van der Waals surface area contributed by atoms with Crippen molar-refractivity contribution in [2.24, 2.45) is 0 Å². The first kappa shape index (κ1) is 16.7. The Kier molecular flexibility index (Phi) is 3.61. The molecule has 0 saturated carbocycles. The minimum absolute atomic E-state index is 0.184. The van der Waals surface area contributed by atoms with Crippen LogP contribution in [0.3, 0.4) is 0 Å². The first-order valence-electron chi connectivity index (χ1n) is 8.44. The summed E-state index contributed by atoms with van der Waals surface area (Å²) in [5, 5.41) is 9.76. The first-order valence-corrected chi connectivity index (χ1v) is 9.88. The van der Waals surface area contributed by atoms with Crippen LogP contribution in [0.1, 0.15) is 5.76 Å². The smallest absolute Gasteiger partial charge is 0.269 e. The first-order chi connectivity index (χ1) is 13.6. The van der Waals surface area contributed by atoms with E-state index in [0.717, 1.165) is 3.97 Å². The molecular formula is C19H14N4O4S. The highest BCUT2D eigenvalue weighted by molar-refractivity contribution is 7.90. The van der Waals surface area contributed by atoms with Gasteiger partial charge in [-0.2, -0.15) is 0 Å². The molecule has 5 rings (SSSR count). The van der Waals surface area contributed by atoms with E-state index in [0.29, 0.717) is 39.4 Å². The van der Waals surface area contributed by atoms with Gasteiger partial charge in [0.15, 0.2) is 17.2 Å². The predicted octanol–water partition coefficient (Wildman–Crippen LogP) is 2.90. The van der Waals surface area contributed by atoms with Crippen LogP contribution in [0.25, 0.3) is 33.7 Å². The van der Waals surface area contributed by atoms with Gasteiger partial charge in [0.2, 0.25) is 0 Å². The molecule has 1 aromatic carbocycles. The summed E-state index contributed by atoms with van der Waals surface area (Å²) >= 11 is 0. The van der Waals surface area contributed by atoms with Gasteiger partial charge in [-0.15, -0.1) is 0 Å². The molecule has 0 aliphatic rings. The molecule has 28 heavy (non-hydrogen) atoms. The molecule has 0 radical (unpaired) electrons. The molecule has 4 aromatic heterocycles. The molecule has 2 N–H and O–H groups in total. The van der Waals surface area contributed by atoms with E-state index in [-0.39, 0.29) is 11.5 Å². The van der Waals surface area contributed by atoms with Gasteiger partial charge in [-0.25, -0.2) is 22.4 Å². The number of aromatic amines is 1. The van der Waals surface area contributed by atoms with Crippen LogP contribution in [0.4, 0.5) is 0 Å². The summed E-state index contributed by atoms with van der Waals surface area (Å²) in [6.07, 6.45) is 3.02. The van der Waals surface area contributed by atoms with Crippen molar-refractivity contribution in [2.45, 2.75) is 11.5 Å². The number of hydrogen-bond donors (Lipinski definition) is 2. The summed E-state index contributed by atoms with van der Waals surface area (Å²) in [5.41, 5.74) is 1.54. The third-order valence-electron chi connectivity index (χ3n) is 4.48. The standard InChI is InChI=1S/C19H14N4O4S/c24-11-12-6-7-16(27-12)18-21-15-10-20-19-14(17(15)22-18)8-9-23(19)28(25,26)13-4-2-1-3-5-13/h1-10,24H,11H2,(H,21,22). The largest absolute Gasteiger partial charge is 0.455 e. The molecule has 140 valence electrons. The highest BCUT2D eigenvalue weighted by Gasteiger charge is 2.21. The number of nitrogens with one attached hydrogen (secondary N) is 1. The van der Waals surface area contributed by atoms with Gasteiger partial charge in [-0.1, -0.05) is 18.2 Å². The van der Waals surface area contributed by atoms with Crippen molar-refractivity contribution >= 4 is 32.1 Å². The average molecular weight is 394 g/mol. The molecule has 0 atom stereocenters. The summed E-state index contributed by atoms with van der Waals surface area (Å²) < 4.78 is 32.6. The Hall–Kier alpha value is -3.43. The minimum atomic E-state index is -3.77. The van der Waals surface area contributed by atoms with Crippen LogP contribution < -0.4 is 0 Å². The van der Waals surface area contributed by atoms with Crippen LogP contribution in [0.5, 0.6) is 0 Å².